The maximum atomic E-state index is 12.8. The molecule has 0 aliphatic heterocycles. The molecule has 0 amide bonds. The van der Waals surface area contributed by atoms with Gasteiger partial charge in [-0.3, -0.25) is 4.79 Å². The first kappa shape index (κ1) is 13.0. The maximum Gasteiger partial charge on any atom is 0.142 e. The van der Waals surface area contributed by atoms with E-state index in [-0.39, 0.29) is 12.0 Å². The van der Waals surface area contributed by atoms with Gasteiger partial charge in [0, 0.05) is 18.4 Å². The van der Waals surface area contributed by atoms with Crippen molar-refractivity contribution in [3.05, 3.63) is 48.0 Å². The fourth-order valence-corrected chi connectivity index (χ4v) is 4.57. The van der Waals surface area contributed by atoms with Gasteiger partial charge in [-0.15, -0.1) is 0 Å². The van der Waals surface area contributed by atoms with Crippen LogP contribution in [0.2, 0.25) is 0 Å². The monoisotopic (exact) mass is 279 g/mol. The summed E-state index contributed by atoms with van der Waals surface area (Å²) in [5.41, 5.74) is 7.46. The van der Waals surface area contributed by atoms with Gasteiger partial charge in [0.1, 0.15) is 5.78 Å². The summed E-state index contributed by atoms with van der Waals surface area (Å²) < 4.78 is 0. The average molecular weight is 279 g/mol. The molecule has 4 atom stereocenters. The van der Waals surface area contributed by atoms with Crippen LogP contribution in [0.15, 0.2) is 42.5 Å². The van der Waals surface area contributed by atoms with E-state index in [0.717, 1.165) is 5.56 Å². The second-order valence-corrected chi connectivity index (χ2v) is 6.72. The Morgan fingerprint density at radius 1 is 1.05 bits per heavy atom. The average Bonchev–Trinajstić information content (AvgIpc) is 3.08. The molecule has 2 aliphatic rings. The lowest BCUT2D eigenvalue weighted by Gasteiger charge is -2.27. The minimum Gasteiger partial charge on any atom is -0.327 e. The Kier molecular flexibility index (Phi) is 3.07. The molecule has 2 saturated carbocycles. The summed E-state index contributed by atoms with van der Waals surface area (Å²) in [5, 5.41) is 2.41. The summed E-state index contributed by atoms with van der Waals surface area (Å²) in [6.45, 7) is 0. The van der Waals surface area contributed by atoms with E-state index in [4.69, 9.17) is 5.73 Å². The standard InChI is InChI=1S/C19H21NO/c20-19-15-9-8-14(10-15)18(19)17(21)11-13-6-3-5-12-4-1-2-7-16(12)13/h1-7,14-15,18-19H,8-11,20H2. The Hall–Kier alpha value is -1.67. The van der Waals surface area contributed by atoms with Gasteiger partial charge in [0.2, 0.25) is 0 Å². The number of nitrogens with two attached hydrogens (primary N) is 1. The van der Waals surface area contributed by atoms with Crippen LogP contribution >= 0.6 is 0 Å². The summed E-state index contributed by atoms with van der Waals surface area (Å²) in [4.78, 5) is 12.8. The lowest BCUT2D eigenvalue weighted by molar-refractivity contribution is -0.124. The van der Waals surface area contributed by atoms with Crippen molar-refractivity contribution in [1.29, 1.82) is 0 Å². The summed E-state index contributed by atoms with van der Waals surface area (Å²) in [5.74, 6) is 1.60. The second kappa shape index (κ2) is 4.96. The molecule has 4 unspecified atom stereocenters. The van der Waals surface area contributed by atoms with Crippen molar-refractivity contribution in [3.8, 4) is 0 Å². The van der Waals surface area contributed by atoms with Gasteiger partial charge in [0.25, 0.3) is 0 Å². The molecule has 0 aromatic heterocycles. The fourth-order valence-electron chi connectivity index (χ4n) is 4.57. The van der Waals surface area contributed by atoms with Gasteiger partial charge >= 0.3 is 0 Å². The number of fused-ring (bicyclic) bond motifs is 3. The van der Waals surface area contributed by atoms with Crippen LogP contribution < -0.4 is 5.73 Å². The van der Waals surface area contributed by atoms with Crippen LogP contribution in [0.1, 0.15) is 24.8 Å². The summed E-state index contributed by atoms with van der Waals surface area (Å²) in [6, 6.07) is 14.6. The van der Waals surface area contributed by atoms with Crippen LogP contribution in [0.3, 0.4) is 0 Å². The highest BCUT2D eigenvalue weighted by Crippen LogP contribution is 2.48. The first-order chi connectivity index (χ1) is 10.2. The predicted octanol–water partition coefficient (Wildman–Crippen LogP) is 3.32. The minimum atomic E-state index is 0.0997. The fraction of sp³-hybridized carbons (Fsp3) is 0.421. The van der Waals surface area contributed by atoms with Crippen LogP contribution in [-0.2, 0) is 11.2 Å². The number of carbonyl (C=O) groups is 1. The number of hydrogen-bond acceptors (Lipinski definition) is 2. The smallest absolute Gasteiger partial charge is 0.142 e. The third-order valence-corrected chi connectivity index (χ3v) is 5.60. The van der Waals surface area contributed by atoms with Crippen LogP contribution in [0.5, 0.6) is 0 Å². The third-order valence-electron chi connectivity index (χ3n) is 5.60. The van der Waals surface area contributed by atoms with Crippen LogP contribution in [0, 0.1) is 17.8 Å². The van der Waals surface area contributed by atoms with Gasteiger partial charge < -0.3 is 5.73 Å². The van der Waals surface area contributed by atoms with E-state index in [1.54, 1.807) is 0 Å². The quantitative estimate of drug-likeness (QED) is 0.936. The number of ketones is 1. The Bertz CT molecular complexity index is 686. The number of benzene rings is 2. The molecule has 0 spiro atoms. The number of Topliss-reactive ketones (excluding diaryl/α,β-unsaturated/α-hetero) is 1. The molecular formula is C19H21NO. The largest absolute Gasteiger partial charge is 0.327 e. The first-order valence-corrected chi connectivity index (χ1v) is 7.99. The molecule has 2 N–H and O–H groups in total. The van der Waals surface area contributed by atoms with Gasteiger partial charge in [-0.2, -0.15) is 0 Å². The molecule has 0 radical (unpaired) electrons. The Morgan fingerprint density at radius 3 is 2.62 bits per heavy atom. The number of carbonyl (C=O) groups excluding carboxylic acids is 1. The molecule has 2 fully saturated rings. The normalized spacial score (nSPS) is 30.9. The van der Waals surface area contributed by atoms with Crippen molar-refractivity contribution >= 4 is 16.6 Å². The summed E-state index contributed by atoms with van der Waals surface area (Å²) in [6.07, 6.45) is 4.13. The number of rotatable bonds is 3. The SMILES string of the molecule is NC1C2CCC(C2)C1C(=O)Cc1cccc2ccccc12. The van der Waals surface area contributed by atoms with Gasteiger partial charge in [-0.1, -0.05) is 42.5 Å². The lowest BCUT2D eigenvalue weighted by Crippen LogP contribution is -2.40. The van der Waals surface area contributed by atoms with Crippen LogP contribution in [-0.4, -0.2) is 11.8 Å². The van der Waals surface area contributed by atoms with E-state index < -0.39 is 0 Å². The molecule has 2 aliphatic carbocycles. The molecule has 0 saturated heterocycles. The van der Waals surface area contributed by atoms with E-state index in [0.29, 0.717) is 24.0 Å². The molecule has 2 heteroatoms. The maximum absolute atomic E-state index is 12.8. The van der Waals surface area contributed by atoms with Crippen LogP contribution in [0.4, 0.5) is 0 Å². The first-order valence-electron chi connectivity index (χ1n) is 7.99. The molecule has 108 valence electrons. The van der Waals surface area contributed by atoms with E-state index in [1.165, 1.54) is 30.0 Å². The topological polar surface area (TPSA) is 43.1 Å². The van der Waals surface area contributed by atoms with E-state index in [2.05, 4.69) is 24.3 Å². The Labute approximate surface area is 125 Å². The van der Waals surface area contributed by atoms with Gasteiger partial charge in [-0.25, -0.2) is 0 Å². The van der Waals surface area contributed by atoms with Crippen molar-refractivity contribution in [2.45, 2.75) is 31.7 Å². The zero-order valence-electron chi connectivity index (χ0n) is 12.2. The van der Waals surface area contributed by atoms with Crippen molar-refractivity contribution in [2.75, 3.05) is 0 Å². The minimum absolute atomic E-state index is 0.0997. The highest BCUT2D eigenvalue weighted by molar-refractivity contribution is 5.92. The zero-order valence-corrected chi connectivity index (χ0v) is 12.2. The van der Waals surface area contributed by atoms with Gasteiger partial charge in [-0.05, 0) is 47.4 Å². The molecule has 4 rings (SSSR count). The van der Waals surface area contributed by atoms with Crippen molar-refractivity contribution in [1.82, 2.24) is 0 Å². The summed E-state index contributed by atoms with van der Waals surface area (Å²) >= 11 is 0. The van der Waals surface area contributed by atoms with E-state index in [1.807, 2.05) is 18.2 Å². The van der Waals surface area contributed by atoms with Gasteiger partial charge in [0.05, 0.1) is 0 Å². The van der Waals surface area contributed by atoms with Crippen molar-refractivity contribution < 1.29 is 4.79 Å². The highest BCUT2D eigenvalue weighted by Gasteiger charge is 2.48. The molecule has 2 aromatic rings. The van der Waals surface area contributed by atoms with Crippen molar-refractivity contribution in [2.24, 2.45) is 23.5 Å². The molecule has 2 bridgehead atoms. The zero-order chi connectivity index (χ0) is 14.4. The molecular weight excluding hydrogens is 258 g/mol. The Morgan fingerprint density at radius 2 is 1.81 bits per heavy atom. The lowest BCUT2D eigenvalue weighted by atomic mass is 9.80. The second-order valence-electron chi connectivity index (χ2n) is 6.72. The Balaban J connectivity index is 1.62. The van der Waals surface area contributed by atoms with E-state index in [9.17, 15) is 4.79 Å². The van der Waals surface area contributed by atoms with Crippen LogP contribution in [0.25, 0.3) is 10.8 Å². The highest BCUT2D eigenvalue weighted by atomic mass is 16.1. The predicted molar refractivity (Wildman–Crippen MR) is 85.0 cm³/mol. The summed E-state index contributed by atoms with van der Waals surface area (Å²) in [7, 11) is 0. The van der Waals surface area contributed by atoms with Crippen molar-refractivity contribution in [3.63, 3.8) is 0 Å². The number of hydrogen-bond donors (Lipinski definition) is 1. The molecule has 2 nitrogen and oxygen atoms in total. The molecule has 21 heavy (non-hydrogen) atoms. The molecule has 0 heterocycles. The van der Waals surface area contributed by atoms with Gasteiger partial charge in [0.15, 0.2) is 0 Å². The molecule has 2 aromatic carbocycles. The van der Waals surface area contributed by atoms with E-state index >= 15 is 0 Å². The third kappa shape index (κ3) is 2.09.